The average Bonchev–Trinajstić information content (AvgIpc) is 3.23. The van der Waals surface area contributed by atoms with Crippen molar-refractivity contribution < 1.29 is 9.18 Å². The third-order valence-electron chi connectivity index (χ3n) is 4.16. The van der Waals surface area contributed by atoms with E-state index in [1.165, 1.54) is 6.07 Å². The number of fused-ring (bicyclic) bond motifs is 1. The number of anilines is 1. The summed E-state index contributed by atoms with van der Waals surface area (Å²) in [6.07, 6.45) is 2.15. The quantitative estimate of drug-likeness (QED) is 0.745. The van der Waals surface area contributed by atoms with Gasteiger partial charge in [-0.2, -0.15) is 0 Å². The fourth-order valence-corrected chi connectivity index (χ4v) is 2.99. The second-order valence-electron chi connectivity index (χ2n) is 5.73. The maximum Gasteiger partial charge on any atom is 0.280 e. The van der Waals surface area contributed by atoms with Crippen molar-refractivity contribution in [1.29, 1.82) is 0 Å². The van der Waals surface area contributed by atoms with E-state index in [0.717, 1.165) is 5.56 Å². The van der Waals surface area contributed by atoms with E-state index in [-0.39, 0.29) is 17.4 Å². The van der Waals surface area contributed by atoms with E-state index in [1.54, 1.807) is 27.9 Å². The van der Waals surface area contributed by atoms with Crippen molar-refractivity contribution >= 4 is 11.6 Å². The Bertz CT molecular complexity index is 891. The molecule has 0 radical (unpaired) electrons. The summed E-state index contributed by atoms with van der Waals surface area (Å²) in [4.78, 5) is 14.2. The van der Waals surface area contributed by atoms with Gasteiger partial charge in [0.25, 0.3) is 5.91 Å². The molecule has 0 N–H and O–H groups in total. The van der Waals surface area contributed by atoms with Gasteiger partial charge < -0.3 is 4.90 Å². The first kappa shape index (κ1) is 14.6. The lowest BCUT2D eigenvalue weighted by Gasteiger charge is -2.15. The van der Waals surface area contributed by atoms with Crippen LogP contribution in [-0.2, 0) is 13.0 Å². The highest BCUT2D eigenvalue weighted by molar-refractivity contribution is 6.05. The normalized spacial score (nSPS) is 13.1. The standard InChI is InChI=1S/C18H15FN4O/c19-15-7-4-8-17-14(15)9-10-23(17)18(24)16-12-22(21-20-16)11-13-5-2-1-3-6-13/h1-8,12H,9-11H2. The van der Waals surface area contributed by atoms with E-state index >= 15 is 0 Å². The summed E-state index contributed by atoms with van der Waals surface area (Å²) < 4.78 is 15.4. The summed E-state index contributed by atoms with van der Waals surface area (Å²) in [5.41, 5.74) is 2.55. The zero-order valence-electron chi connectivity index (χ0n) is 12.9. The molecule has 1 amide bonds. The van der Waals surface area contributed by atoms with Crippen molar-refractivity contribution in [2.24, 2.45) is 0 Å². The van der Waals surface area contributed by atoms with Crippen molar-refractivity contribution in [2.45, 2.75) is 13.0 Å². The summed E-state index contributed by atoms with van der Waals surface area (Å²) in [7, 11) is 0. The Labute approximate surface area is 138 Å². The molecule has 2 aromatic carbocycles. The van der Waals surface area contributed by atoms with Gasteiger partial charge in [0, 0.05) is 12.1 Å². The van der Waals surface area contributed by atoms with Crippen molar-refractivity contribution in [3.63, 3.8) is 0 Å². The monoisotopic (exact) mass is 322 g/mol. The molecule has 120 valence electrons. The van der Waals surface area contributed by atoms with E-state index < -0.39 is 0 Å². The molecular formula is C18H15FN4O. The smallest absolute Gasteiger partial charge is 0.280 e. The average molecular weight is 322 g/mol. The van der Waals surface area contributed by atoms with Gasteiger partial charge in [0.15, 0.2) is 5.69 Å². The summed E-state index contributed by atoms with van der Waals surface area (Å²) >= 11 is 0. The van der Waals surface area contributed by atoms with Crippen molar-refractivity contribution in [1.82, 2.24) is 15.0 Å². The first-order chi connectivity index (χ1) is 11.7. The Morgan fingerprint density at radius 1 is 1.12 bits per heavy atom. The Balaban J connectivity index is 1.56. The van der Waals surface area contributed by atoms with Crippen LogP contribution in [0, 0.1) is 5.82 Å². The molecule has 0 unspecified atom stereocenters. The lowest BCUT2D eigenvalue weighted by atomic mass is 10.1. The first-order valence-corrected chi connectivity index (χ1v) is 7.76. The van der Waals surface area contributed by atoms with Gasteiger partial charge in [0.05, 0.1) is 18.4 Å². The molecule has 0 fully saturated rings. The topological polar surface area (TPSA) is 51.0 Å². The predicted octanol–water partition coefficient (Wildman–Crippen LogP) is 2.67. The van der Waals surface area contributed by atoms with Crippen LogP contribution in [0.15, 0.2) is 54.7 Å². The van der Waals surface area contributed by atoms with Gasteiger partial charge in [0.1, 0.15) is 5.82 Å². The number of carbonyl (C=O) groups is 1. The summed E-state index contributed by atoms with van der Waals surface area (Å²) in [5, 5.41) is 8.00. The minimum absolute atomic E-state index is 0.251. The molecule has 6 heteroatoms. The summed E-state index contributed by atoms with van der Waals surface area (Å²) in [6.45, 7) is 1.01. The highest BCUT2D eigenvalue weighted by atomic mass is 19.1. The van der Waals surface area contributed by atoms with Crippen LogP contribution in [0.2, 0.25) is 0 Å². The van der Waals surface area contributed by atoms with Gasteiger partial charge in [-0.1, -0.05) is 41.6 Å². The highest BCUT2D eigenvalue weighted by Crippen LogP contribution is 2.30. The Kier molecular flexibility index (Phi) is 3.57. The van der Waals surface area contributed by atoms with Gasteiger partial charge >= 0.3 is 0 Å². The molecule has 3 aromatic rings. The molecule has 1 aliphatic rings. The number of halogens is 1. The molecule has 0 atom stereocenters. The lowest BCUT2D eigenvalue weighted by Crippen LogP contribution is -2.29. The molecule has 4 rings (SSSR count). The van der Waals surface area contributed by atoms with Crippen LogP contribution in [0.25, 0.3) is 0 Å². The van der Waals surface area contributed by atoms with Crippen molar-refractivity contribution in [3.8, 4) is 0 Å². The van der Waals surface area contributed by atoms with Gasteiger partial charge in [-0.05, 0) is 24.1 Å². The summed E-state index contributed by atoms with van der Waals surface area (Å²) in [5.74, 6) is -0.519. The zero-order chi connectivity index (χ0) is 16.5. The van der Waals surface area contributed by atoms with Crippen LogP contribution in [0.5, 0.6) is 0 Å². The fourth-order valence-electron chi connectivity index (χ4n) is 2.99. The van der Waals surface area contributed by atoms with Gasteiger partial charge in [0.2, 0.25) is 0 Å². The van der Waals surface area contributed by atoms with Gasteiger partial charge in [-0.3, -0.25) is 4.79 Å². The molecule has 5 nitrogen and oxygen atoms in total. The predicted molar refractivity (Wildman–Crippen MR) is 87.3 cm³/mol. The SMILES string of the molecule is O=C(c1cn(Cc2ccccc2)nn1)N1CCc2c(F)cccc21. The van der Waals surface area contributed by atoms with Crippen molar-refractivity contribution in [3.05, 3.63) is 77.4 Å². The van der Waals surface area contributed by atoms with Crippen LogP contribution >= 0.6 is 0 Å². The first-order valence-electron chi connectivity index (χ1n) is 7.76. The van der Waals surface area contributed by atoms with Crippen LogP contribution in [-0.4, -0.2) is 27.4 Å². The molecule has 24 heavy (non-hydrogen) atoms. The van der Waals surface area contributed by atoms with E-state index in [9.17, 15) is 9.18 Å². The number of amides is 1. The van der Waals surface area contributed by atoms with E-state index in [0.29, 0.717) is 30.8 Å². The Morgan fingerprint density at radius 2 is 1.96 bits per heavy atom. The maximum absolute atomic E-state index is 13.8. The third-order valence-corrected chi connectivity index (χ3v) is 4.16. The zero-order valence-corrected chi connectivity index (χ0v) is 12.9. The number of hydrogen-bond acceptors (Lipinski definition) is 3. The number of benzene rings is 2. The molecule has 0 saturated carbocycles. The largest absolute Gasteiger partial charge is 0.306 e. The molecule has 0 aliphatic carbocycles. The molecular weight excluding hydrogens is 307 g/mol. The number of rotatable bonds is 3. The fraction of sp³-hybridized carbons (Fsp3) is 0.167. The van der Waals surface area contributed by atoms with Crippen LogP contribution in [0.4, 0.5) is 10.1 Å². The Hall–Kier alpha value is -3.02. The molecule has 0 bridgehead atoms. The molecule has 1 aromatic heterocycles. The molecule has 0 saturated heterocycles. The second kappa shape index (κ2) is 5.88. The molecule has 2 heterocycles. The third kappa shape index (κ3) is 2.56. The lowest BCUT2D eigenvalue weighted by molar-refractivity contribution is 0.0984. The van der Waals surface area contributed by atoms with Crippen molar-refractivity contribution in [2.75, 3.05) is 11.4 Å². The van der Waals surface area contributed by atoms with E-state index in [1.807, 2.05) is 30.3 Å². The second-order valence-corrected chi connectivity index (χ2v) is 5.73. The number of hydrogen-bond donors (Lipinski definition) is 0. The van der Waals surface area contributed by atoms with Crippen LogP contribution in [0.3, 0.4) is 0 Å². The maximum atomic E-state index is 13.8. The van der Waals surface area contributed by atoms with E-state index in [4.69, 9.17) is 0 Å². The van der Waals surface area contributed by atoms with E-state index in [2.05, 4.69) is 10.3 Å². The number of nitrogens with zero attached hydrogens (tertiary/aromatic N) is 4. The summed E-state index contributed by atoms with van der Waals surface area (Å²) in [6, 6.07) is 14.6. The number of carbonyl (C=O) groups excluding carboxylic acids is 1. The Morgan fingerprint density at radius 3 is 2.79 bits per heavy atom. The molecule has 1 aliphatic heterocycles. The minimum Gasteiger partial charge on any atom is -0.306 e. The van der Waals surface area contributed by atoms with Crippen LogP contribution < -0.4 is 4.90 Å². The van der Waals surface area contributed by atoms with Crippen LogP contribution in [0.1, 0.15) is 21.6 Å². The van der Waals surface area contributed by atoms with Gasteiger partial charge in [-0.15, -0.1) is 5.10 Å². The molecule has 0 spiro atoms. The number of aromatic nitrogens is 3. The highest BCUT2D eigenvalue weighted by Gasteiger charge is 2.29. The minimum atomic E-state index is -0.268. The van der Waals surface area contributed by atoms with Gasteiger partial charge in [-0.25, -0.2) is 9.07 Å².